The molecule has 0 unspecified atom stereocenters. The molecule has 2 aromatic rings. The summed E-state index contributed by atoms with van der Waals surface area (Å²) >= 11 is 10.7. The maximum atomic E-state index is 5.80. The van der Waals surface area contributed by atoms with E-state index < -0.39 is 0 Å². The minimum absolute atomic E-state index is 0.176. The summed E-state index contributed by atoms with van der Waals surface area (Å²) in [5.74, 6) is 0.979. The number of nitrogens with zero attached hydrogens (tertiary/aromatic N) is 2. The van der Waals surface area contributed by atoms with Crippen LogP contribution in [-0.4, -0.2) is 15.0 Å². The average Bonchev–Trinajstić information content (AvgIpc) is 2.29. The highest BCUT2D eigenvalue weighted by Gasteiger charge is 2.08. The number of hydrogen-bond donors (Lipinski definition) is 1. The van der Waals surface area contributed by atoms with Gasteiger partial charge >= 0.3 is 0 Å². The van der Waals surface area contributed by atoms with Crippen molar-refractivity contribution in [2.24, 2.45) is 5.73 Å². The molecule has 2 aromatic heterocycles. The fourth-order valence-corrected chi connectivity index (χ4v) is 1.55. The first-order valence-electron chi connectivity index (χ1n) is 4.70. The lowest BCUT2D eigenvalue weighted by atomic mass is 10.3. The summed E-state index contributed by atoms with van der Waals surface area (Å²) in [6, 6.07) is 5.10. The maximum absolute atomic E-state index is 5.80. The van der Waals surface area contributed by atoms with Crippen LogP contribution in [0.5, 0.6) is 11.5 Å². The van der Waals surface area contributed by atoms with Crippen molar-refractivity contribution in [1.29, 1.82) is 0 Å². The van der Waals surface area contributed by atoms with Gasteiger partial charge in [0.15, 0.2) is 5.75 Å². The van der Waals surface area contributed by atoms with Gasteiger partial charge in [-0.25, -0.2) is 4.98 Å². The van der Waals surface area contributed by atoms with Crippen LogP contribution in [0.3, 0.4) is 0 Å². The zero-order valence-corrected chi connectivity index (χ0v) is 10.2. The van der Waals surface area contributed by atoms with Crippen molar-refractivity contribution in [1.82, 2.24) is 9.97 Å². The van der Waals surface area contributed by atoms with Crippen LogP contribution >= 0.6 is 23.8 Å². The number of ether oxygens (including phenoxy) is 1. The van der Waals surface area contributed by atoms with Crippen LogP contribution in [-0.2, 0) is 0 Å². The van der Waals surface area contributed by atoms with Crippen LogP contribution in [0.2, 0.25) is 5.02 Å². The average molecular weight is 266 g/mol. The molecular formula is C11H8ClN3OS. The summed E-state index contributed by atoms with van der Waals surface area (Å²) in [6.45, 7) is 0. The third-order valence-corrected chi connectivity index (χ3v) is 2.31. The van der Waals surface area contributed by atoms with E-state index in [1.807, 2.05) is 0 Å². The molecule has 2 heterocycles. The second-order valence-corrected chi connectivity index (χ2v) is 4.03. The highest BCUT2D eigenvalue weighted by molar-refractivity contribution is 7.80. The minimum Gasteiger partial charge on any atom is -0.453 e. The Morgan fingerprint density at radius 1 is 1.41 bits per heavy atom. The number of hydrogen-bond acceptors (Lipinski definition) is 4. The van der Waals surface area contributed by atoms with Crippen molar-refractivity contribution in [3.05, 3.63) is 47.5 Å². The normalized spacial score (nSPS) is 9.94. The molecule has 0 spiro atoms. The van der Waals surface area contributed by atoms with Gasteiger partial charge in [-0.05, 0) is 12.1 Å². The van der Waals surface area contributed by atoms with Crippen molar-refractivity contribution in [3.8, 4) is 11.5 Å². The van der Waals surface area contributed by atoms with Gasteiger partial charge in [-0.3, -0.25) is 4.98 Å². The molecule has 2 N–H and O–H groups in total. The zero-order valence-electron chi connectivity index (χ0n) is 8.63. The van der Waals surface area contributed by atoms with Gasteiger partial charge in [0.1, 0.15) is 16.4 Å². The molecule has 86 valence electrons. The topological polar surface area (TPSA) is 61.0 Å². The van der Waals surface area contributed by atoms with Gasteiger partial charge in [0.05, 0.1) is 11.2 Å². The molecular weight excluding hydrogens is 258 g/mol. The van der Waals surface area contributed by atoms with Crippen molar-refractivity contribution in [2.45, 2.75) is 0 Å². The van der Waals surface area contributed by atoms with Crippen LogP contribution < -0.4 is 10.5 Å². The number of thiocarbonyl (C=S) groups is 1. The first-order valence-corrected chi connectivity index (χ1v) is 5.48. The monoisotopic (exact) mass is 265 g/mol. The fraction of sp³-hybridized carbons (Fsp3) is 0. The lowest BCUT2D eigenvalue weighted by molar-refractivity contribution is 0.477. The van der Waals surface area contributed by atoms with Crippen LogP contribution in [0.25, 0.3) is 0 Å². The molecule has 0 amide bonds. The van der Waals surface area contributed by atoms with Gasteiger partial charge in [0.25, 0.3) is 0 Å². The number of halogens is 1. The number of rotatable bonds is 3. The Hall–Kier alpha value is -1.72. The van der Waals surface area contributed by atoms with E-state index in [0.717, 1.165) is 0 Å². The predicted octanol–water partition coefficient (Wildman–Crippen LogP) is 2.56. The molecule has 0 aliphatic heterocycles. The van der Waals surface area contributed by atoms with Gasteiger partial charge in [-0.2, -0.15) is 0 Å². The molecule has 4 nitrogen and oxygen atoms in total. The molecule has 17 heavy (non-hydrogen) atoms. The Kier molecular flexibility index (Phi) is 3.51. The number of nitrogens with two attached hydrogens (primary N) is 1. The third kappa shape index (κ3) is 2.89. The Labute approximate surface area is 108 Å². The van der Waals surface area contributed by atoms with Crippen molar-refractivity contribution < 1.29 is 4.74 Å². The molecule has 0 saturated carbocycles. The van der Waals surface area contributed by atoms with Crippen molar-refractivity contribution >= 4 is 28.8 Å². The number of pyridine rings is 2. The quantitative estimate of drug-likeness (QED) is 0.865. The first-order chi connectivity index (χ1) is 8.16. The molecule has 0 saturated heterocycles. The fourth-order valence-electron chi connectivity index (χ4n) is 1.23. The maximum Gasteiger partial charge on any atom is 0.156 e. The van der Waals surface area contributed by atoms with Crippen LogP contribution in [0.15, 0.2) is 36.8 Å². The summed E-state index contributed by atoms with van der Waals surface area (Å²) < 4.78 is 5.57. The zero-order chi connectivity index (χ0) is 12.3. The molecule has 0 radical (unpaired) electrons. The molecule has 6 heteroatoms. The van der Waals surface area contributed by atoms with Gasteiger partial charge in [0.2, 0.25) is 0 Å². The van der Waals surface area contributed by atoms with E-state index in [-0.39, 0.29) is 4.99 Å². The summed E-state index contributed by atoms with van der Waals surface area (Å²) in [5.41, 5.74) is 5.98. The highest BCUT2D eigenvalue weighted by Crippen LogP contribution is 2.24. The van der Waals surface area contributed by atoms with Crippen molar-refractivity contribution in [3.63, 3.8) is 0 Å². The van der Waals surface area contributed by atoms with E-state index in [9.17, 15) is 0 Å². The highest BCUT2D eigenvalue weighted by atomic mass is 35.5. The molecule has 0 aliphatic carbocycles. The summed E-state index contributed by atoms with van der Waals surface area (Å²) in [5, 5.41) is 0.489. The second kappa shape index (κ2) is 5.07. The van der Waals surface area contributed by atoms with E-state index in [2.05, 4.69) is 9.97 Å². The summed E-state index contributed by atoms with van der Waals surface area (Å²) in [7, 11) is 0. The van der Waals surface area contributed by atoms with E-state index in [4.69, 9.17) is 34.3 Å². The van der Waals surface area contributed by atoms with E-state index in [1.165, 1.54) is 6.20 Å². The second-order valence-electron chi connectivity index (χ2n) is 3.16. The van der Waals surface area contributed by atoms with Gasteiger partial charge in [-0.15, -0.1) is 0 Å². The van der Waals surface area contributed by atoms with Gasteiger partial charge < -0.3 is 10.5 Å². The molecule has 0 aromatic carbocycles. The molecule has 0 atom stereocenters. The lowest BCUT2D eigenvalue weighted by Crippen LogP contribution is -2.12. The first kappa shape index (κ1) is 11.8. The van der Waals surface area contributed by atoms with Gasteiger partial charge in [-0.1, -0.05) is 23.8 Å². The molecule has 0 aliphatic rings. The summed E-state index contributed by atoms with van der Waals surface area (Å²) in [6.07, 6.45) is 4.66. The predicted molar refractivity (Wildman–Crippen MR) is 69.4 cm³/mol. The Balaban J connectivity index is 2.33. The Morgan fingerprint density at radius 2 is 2.24 bits per heavy atom. The largest absolute Gasteiger partial charge is 0.453 e. The molecule has 0 fully saturated rings. The Bertz CT molecular complexity index is 562. The van der Waals surface area contributed by atoms with Crippen LogP contribution in [0.1, 0.15) is 5.69 Å². The Morgan fingerprint density at radius 3 is 2.94 bits per heavy atom. The number of aromatic nitrogens is 2. The third-order valence-electron chi connectivity index (χ3n) is 1.91. The van der Waals surface area contributed by atoms with Gasteiger partial charge in [0, 0.05) is 18.5 Å². The van der Waals surface area contributed by atoms with Crippen LogP contribution in [0.4, 0.5) is 0 Å². The molecule has 0 bridgehead atoms. The minimum atomic E-state index is 0.176. The van der Waals surface area contributed by atoms with E-state index >= 15 is 0 Å². The smallest absolute Gasteiger partial charge is 0.156 e. The van der Waals surface area contributed by atoms with Crippen LogP contribution in [0, 0.1) is 0 Å². The van der Waals surface area contributed by atoms with E-state index in [0.29, 0.717) is 22.2 Å². The standard InChI is InChI=1S/C11H8ClN3OS/c12-7-4-8(6-14-5-7)16-9-2-1-3-15-10(9)11(13)17/h1-6H,(H2,13,17). The molecule has 2 rings (SSSR count). The SMILES string of the molecule is NC(=S)c1ncccc1Oc1cncc(Cl)c1. The summed E-state index contributed by atoms with van der Waals surface area (Å²) in [4.78, 5) is 8.14. The van der Waals surface area contributed by atoms with E-state index in [1.54, 1.807) is 30.6 Å². The lowest BCUT2D eigenvalue weighted by Gasteiger charge is -2.08. The van der Waals surface area contributed by atoms with Crippen molar-refractivity contribution in [2.75, 3.05) is 0 Å².